The van der Waals surface area contributed by atoms with Gasteiger partial charge in [-0.1, -0.05) is 116 Å². The van der Waals surface area contributed by atoms with E-state index in [-0.39, 0.29) is 12.0 Å². The van der Waals surface area contributed by atoms with Gasteiger partial charge >= 0.3 is 5.97 Å². The average Bonchev–Trinajstić information content (AvgIpc) is 3.07. The average molecular weight is 599 g/mol. The number of benzene rings is 4. The lowest BCUT2D eigenvalue weighted by atomic mass is 9.98. The Kier molecular flexibility index (Phi) is 11.8. The number of carbonyl (C=O) groups is 1. The molecule has 5 atom stereocenters. The number of carbonyl (C=O) groups excluding carboxylic acids is 1. The summed E-state index contributed by atoms with van der Waals surface area (Å²) in [4.78, 5) is 12.9. The molecule has 0 amide bonds. The number of hydrogen-bond acceptors (Lipinski definition) is 7. The third-order valence-corrected chi connectivity index (χ3v) is 8.21. The molecule has 6 nitrogen and oxygen atoms in total. The van der Waals surface area contributed by atoms with Crippen molar-refractivity contribution in [3.63, 3.8) is 0 Å². The van der Waals surface area contributed by atoms with E-state index in [4.69, 9.17) is 23.7 Å². The molecule has 0 aliphatic carbocycles. The van der Waals surface area contributed by atoms with Crippen LogP contribution in [0.2, 0.25) is 0 Å². The Balaban J connectivity index is 1.42. The van der Waals surface area contributed by atoms with E-state index in [1.165, 1.54) is 0 Å². The second-order valence-corrected chi connectivity index (χ2v) is 11.6. The summed E-state index contributed by atoms with van der Waals surface area (Å²) in [7, 11) is 0. The highest BCUT2D eigenvalue weighted by molar-refractivity contribution is 7.99. The Bertz CT molecular complexity index is 1360. The number of ether oxygens (including phenoxy) is 5. The molecule has 1 aliphatic heterocycles. The van der Waals surface area contributed by atoms with Gasteiger partial charge < -0.3 is 23.7 Å². The van der Waals surface area contributed by atoms with Crippen LogP contribution in [-0.2, 0) is 43.5 Å². The fourth-order valence-corrected chi connectivity index (χ4v) is 5.97. The van der Waals surface area contributed by atoms with Gasteiger partial charge in [0.25, 0.3) is 0 Å². The SMILES string of the molecule is CCS[C@H]1O[C@H](COC(=O)c2ccccc2)[C@@H](OCc2ccccc2)[C@H](OCc2ccccc2)[C@@H]1OCc1ccccc1. The summed E-state index contributed by atoms with van der Waals surface area (Å²) in [6.45, 7) is 3.23. The molecule has 4 aromatic rings. The maximum absolute atomic E-state index is 12.9. The van der Waals surface area contributed by atoms with Crippen LogP contribution in [0.3, 0.4) is 0 Å². The maximum Gasteiger partial charge on any atom is 0.338 e. The van der Waals surface area contributed by atoms with Crippen molar-refractivity contribution in [1.82, 2.24) is 0 Å². The highest BCUT2D eigenvalue weighted by Crippen LogP contribution is 2.35. The minimum atomic E-state index is -0.572. The smallest absolute Gasteiger partial charge is 0.338 e. The molecule has 43 heavy (non-hydrogen) atoms. The quantitative estimate of drug-likeness (QED) is 0.144. The Labute approximate surface area is 258 Å². The lowest BCUT2D eigenvalue weighted by Crippen LogP contribution is -2.60. The number of thioether (sulfide) groups is 1. The first-order chi connectivity index (χ1) is 21.2. The van der Waals surface area contributed by atoms with Crippen LogP contribution in [0.4, 0.5) is 0 Å². The minimum absolute atomic E-state index is 0.0184. The lowest BCUT2D eigenvalue weighted by Gasteiger charge is -2.45. The first-order valence-corrected chi connectivity index (χ1v) is 15.7. The zero-order valence-corrected chi connectivity index (χ0v) is 25.1. The van der Waals surface area contributed by atoms with Crippen LogP contribution < -0.4 is 0 Å². The van der Waals surface area contributed by atoms with Gasteiger partial charge in [-0.2, -0.15) is 0 Å². The van der Waals surface area contributed by atoms with Crippen LogP contribution in [0, 0.1) is 0 Å². The zero-order chi connectivity index (χ0) is 29.7. The largest absolute Gasteiger partial charge is 0.459 e. The van der Waals surface area contributed by atoms with E-state index in [1.807, 2.05) is 109 Å². The highest BCUT2D eigenvalue weighted by atomic mass is 32.2. The molecule has 0 spiro atoms. The zero-order valence-electron chi connectivity index (χ0n) is 24.3. The van der Waals surface area contributed by atoms with E-state index in [0.717, 1.165) is 22.4 Å². The van der Waals surface area contributed by atoms with E-state index < -0.39 is 30.4 Å². The first-order valence-electron chi connectivity index (χ1n) is 14.7. The van der Waals surface area contributed by atoms with Gasteiger partial charge in [0.2, 0.25) is 0 Å². The Morgan fingerprint density at radius 1 is 0.628 bits per heavy atom. The molecule has 0 unspecified atom stereocenters. The molecule has 1 saturated heterocycles. The number of rotatable bonds is 14. The van der Waals surface area contributed by atoms with Crippen LogP contribution in [-0.4, -0.2) is 48.2 Å². The molecule has 0 radical (unpaired) electrons. The fraction of sp³-hybridized carbons (Fsp3) is 0.306. The van der Waals surface area contributed by atoms with Gasteiger partial charge in [0.15, 0.2) is 0 Å². The van der Waals surface area contributed by atoms with E-state index in [0.29, 0.717) is 25.4 Å². The van der Waals surface area contributed by atoms with Crippen molar-refractivity contribution in [3.05, 3.63) is 144 Å². The van der Waals surface area contributed by atoms with E-state index in [2.05, 4.69) is 6.92 Å². The second-order valence-electron chi connectivity index (χ2n) is 10.2. The van der Waals surface area contributed by atoms with Crippen LogP contribution in [0.1, 0.15) is 34.0 Å². The molecule has 1 aliphatic rings. The summed E-state index contributed by atoms with van der Waals surface area (Å²) in [5, 5.41) is 0. The van der Waals surface area contributed by atoms with Crippen molar-refractivity contribution in [3.8, 4) is 0 Å². The molecular formula is C36H38O6S. The number of esters is 1. The molecule has 224 valence electrons. The van der Waals surface area contributed by atoms with Gasteiger partial charge in [-0.15, -0.1) is 11.8 Å². The molecule has 0 aromatic heterocycles. The van der Waals surface area contributed by atoms with Crippen molar-refractivity contribution in [2.24, 2.45) is 0 Å². The molecule has 5 rings (SSSR count). The van der Waals surface area contributed by atoms with Crippen molar-refractivity contribution in [2.75, 3.05) is 12.4 Å². The predicted octanol–water partition coefficient (Wildman–Crippen LogP) is 7.08. The van der Waals surface area contributed by atoms with Gasteiger partial charge in [-0.05, 0) is 34.6 Å². The van der Waals surface area contributed by atoms with Gasteiger partial charge in [0.1, 0.15) is 36.5 Å². The molecule has 1 fully saturated rings. The van der Waals surface area contributed by atoms with Crippen LogP contribution in [0.25, 0.3) is 0 Å². The second kappa shape index (κ2) is 16.4. The lowest BCUT2D eigenvalue weighted by molar-refractivity contribution is -0.251. The molecule has 7 heteroatoms. The topological polar surface area (TPSA) is 63.2 Å². The fourth-order valence-electron chi connectivity index (χ4n) is 4.99. The summed E-state index contributed by atoms with van der Waals surface area (Å²) < 4.78 is 32.3. The van der Waals surface area contributed by atoms with E-state index >= 15 is 0 Å². The summed E-state index contributed by atoms with van der Waals surface area (Å²) in [5.74, 6) is 0.405. The Hall–Kier alpha value is -3.46. The van der Waals surface area contributed by atoms with E-state index in [1.54, 1.807) is 23.9 Å². The van der Waals surface area contributed by atoms with Crippen molar-refractivity contribution < 1.29 is 28.5 Å². The van der Waals surface area contributed by atoms with Gasteiger partial charge in [-0.3, -0.25) is 0 Å². The summed E-state index contributed by atoms with van der Waals surface area (Å²) in [6.07, 6.45) is -2.07. The number of hydrogen-bond donors (Lipinski definition) is 0. The molecule has 4 aromatic carbocycles. The Morgan fingerprint density at radius 3 is 1.56 bits per heavy atom. The van der Waals surface area contributed by atoms with Gasteiger partial charge in [0, 0.05) is 0 Å². The van der Waals surface area contributed by atoms with Gasteiger partial charge in [-0.25, -0.2) is 4.79 Å². The van der Waals surface area contributed by atoms with Crippen LogP contribution in [0.15, 0.2) is 121 Å². The van der Waals surface area contributed by atoms with Crippen LogP contribution in [0.5, 0.6) is 0 Å². The third-order valence-electron chi connectivity index (χ3n) is 7.17. The van der Waals surface area contributed by atoms with Crippen molar-refractivity contribution in [1.29, 1.82) is 0 Å². The van der Waals surface area contributed by atoms with Crippen molar-refractivity contribution >= 4 is 17.7 Å². The third kappa shape index (κ3) is 9.02. The first kappa shape index (κ1) is 31.0. The van der Waals surface area contributed by atoms with Crippen LogP contribution >= 0.6 is 11.8 Å². The summed E-state index contributed by atoms with van der Waals surface area (Å²) >= 11 is 1.65. The summed E-state index contributed by atoms with van der Waals surface area (Å²) in [5.41, 5.74) is 3.26. The minimum Gasteiger partial charge on any atom is -0.459 e. The normalized spacial score (nSPS) is 21.7. The van der Waals surface area contributed by atoms with E-state index in [9.17, 15) is 4.79 Å². The summed E-state index contributed by atoms with van der Waals surface area (Å²) in [6, 6.07) is 39.1. The molecule has 0 N–H and O–H groups in total. The molecule has 0 saturated carbocycles. The highest BCUT2D eigenvalue weighted by Gasteiger charge is 2.49. The molecular weight excluding hydrogens is 560 g/mol. The van der Waals surface area contributed by atoms with Gasteiger partial charge in [0.05, 0.1) is 25.4 Å². The maximum atomic E-state index is 12.9. The Morgan fingerprint density at radius 2 is 1.07 bits per heavy atom. The predicted molar refractivity (Wildman–Crippen MR) is 169 cm³/mol. The standard InChI is InChI=1S/C36H38O6S/c1-2-43-36-34(40-25-29-19-11-5-12-20-29)33(39-24-28-17-9-4-10-18-28)32(38-23-27-15-7-3-8-16-27)31(42-36)26-41-35(37)30-21-13-6-14-22-30/h3-22,31-34,36H,2,23-26H2,1H3/t31-,32-,33+,34+,36-/m1/s1. The molecule has 1 heterocycles. The monoisotopic (exact) mass is 598 g/mol. The van der Waals surface area contributed by atoms with Crippen molar-refractivity contribution in [2.45, 2.75) is 56.6 Å². The molecule has 0 bridgehead atoms.